The van der Waals surface area contributed by atoms with Crippen molar-refractivity contribution in [3.8, 4) is 0 Å². The number of amides is 1. The minimum absolute atomic E-state index is 0.0283. The number of rotatable bonds is 3. The van der Waals surface area contributed by atoms with Crippen LogP contribution in [0.1, 0.15) is 29.8 Å². The van der Waals surface area contributed by atoms with Crippen molar-refractivity contribution in [2.45, 2.75) is 26.3 Å². The van der Waals surface area contributed by atoms with E-state index in [1.807, 2.05) is 45.0 Å². The van der Waals surface area contributed by atoms with Gasteiger partial charge in [0.15, 0.2) is 0 Å². The first kappa shape index (κ1) is 12.2. The van der Waals surface area contributed by atoms with E-state index in [1.54, 1.807) is 0 Å². The summed E-state index contributed by atoms with van der Waals surface area (Å²) in [5, 5.41) is 3.69. The van der Waals surface area contributed by atoms with Crippen LogP contribution in [-0.2, 0) is 0 Å². The van der Waals surface area contributed by atoms with Crippen molar-refractivity contribution in [2.24, 2.45) is 0 Å². The molecule has 1 aromatic rings. The van der Waals surface area contributed by atoms with Crippen molar-refractivity contribution in [1.82, 2.24) is 5.32 Å². The molecule has 0 aromatic heterocycles. The lowest BCUT2D eigenvalue weighted by atomic mass is 10.1. The molecule has 0 aliphatic heterocycles. The molecule has 0 radical (unpaired) electrons. The maximum atomic E-state index is 11.8. The molecule has 0 heterocycles. The van der Waals surface area contributed by atoms with Crippen molar-refractivity contribution < 1.29 is 4.79 Å². The Hall–Kier alpha value is -0.830. The standard InChI is InChI=1S/C12H16BrNO/c1-9-4-6-10(7-5-9)11(15)14-12(2,3)8-13/h4-7H,8H2,1-3H3,(H,14,15). The highest BCUT2D eigenvalue weighted by Crippen LogP contribution is 2.09. The third-order valence-corrected chi connectivity index (χ3v) is 3.50. The Labute approximate surface area is 99.2 Å². The van der Waals surface area contributed by atoms with E-state index in [-0.39, 0.29) is 11.4 Å². The van der Waals surface area contributed by atoms with E-state index < -0.39 is 0 Å². The molecule has 82 valence electrons. The second kappa shape index (κ2) is 4.79. The second-order valence-electron chi connectivity index (χ2n) is 4.34. The smallest absolute Gasteiger partial charge is 0.251 e. The molecule has 0 bridgehead atoms. The van der Waals surface area contributed by atoms with Crippen LogP contribution in [0.2, 0.25) is 0 Å². The van der Waals surface area contributed by atoms with Crippen molar-refractivity contribution >= 4 is 21.8 Å². The maximum Gasteiger partial charge on any atom is 0.251 e. The summed E-state index contributed by atoms with van der Waals surface area (Å²) in [5.74, 6) is -0.0283. The zero-order valence-electron chi connectivity index (χ0n) is 9.30. The summed E-state index contributed by atoms with van der Waals surface area (Å²) in [6.07, 6.45) is 0. The lowest BCUT2D eigenvalue weighted by Gasteiger charge is -2.23. The topological polar surface area (TPSA) is 29.1 Å². The normalized spacial score (nSPS) is 11.2. The number of carbonyl (C=O) groups excluding carboxylic acids is 1. The fourth-order valence-corrected chi connectivity index (χ4v) is 1.26. The molecule has 1 aromatic carbocycles. The largest absolute Gasteiger partial charge is 0.346 e. The van der Waals surface area contributed by atoms with Gasteiger partial charge in [-0.25, -0.2) is 0 Å². The fraction of sp³-hybridized carbons (Fsp3) is 0.417. The van der Waals surface area contributed by atoms with E-state index in [0.29, 0.717) is 5.56 Å². The molecule has 0 saturated carbocycles. The average molecular weight is 270 g/mol. The molecule has 0 unspecified atom stereocenters. The van der Waals surface area contributed by atoms with Gasteiger partial charge in [0.2, 0.25) is 0 Å². The van der Waals surface area contributed by atoms with Crippen LogP contribution in [0, 0.1) is 6.92 Å². The molecule has 15 heavy (non-hydrogen) atoms. The van der Waals surface area contributed by atoms with Crippen molar-refractivity contribution in [2.75, 3.05) is 5.33 Å². The zero-order valence-corrected chi connectivity index (χ0v) is 10.9. The molecular weight excluding hydrogens is 254 g/mol. The summed E-state index contributed by atoms with van der Waals surface area (Å²) in [7, 11) is 0. The number of benzene rings is 1. The molecule has 2 nitrogen and oxygen atoms in total. The van der Waals surface area contributed by atoms with Crippen molar-refractivity contribution in [3.05, 3.63) is 35.4 Å². The number of nitrogens with one attached hydrogen (secondary N) is 1. The second-order valence-corrected chi connectivity index (χ2v) is 4.90. The van der Waals surface area contributed by atoms with E-state index in [1.165, 1.54) is 0 Å². The minimum Gasteiger partial charge on any atom is -0.346 e. The van der Waals surface area contributed by atoms with E-state index in [9.17, 15) is 4.79 Å². The Morgan fingerprint density at radius 1 is 1.33 bits per heavy atom. The predicted octanol–water partition coefficient (Wildman–Crippen LogP) is 2.90. The molecule has 0 atom stereocenters. The van der Waals surface area contributed by atoms with Gasteiger partial charge in [0.25, 0.3) is 5.91 Å². The quantitative estimate of drug-likeness (QED) is 0.841. The van der Waals surface area contributed by atoms with Gasteiger partial charge in [-0.05, 0) is 32.9 Å². The molecule has 1 rings (SSSR count). The third-order valence-electron chi connectivity index (χ3n) is 2.10. The molecule has 0 aliphatic rings. The molecule has 0 aliphatic carbocycles. The Morgan fingerprint density at radius 2 is 1.87 bits per heavy atom. The molecular formula is C12H16BrNO. The Bertz CT molecular complexity index is 343. The van der Waals surface area contributed by atoms with Gasteiger partial charge in [-0.15, -0.1) is 0 Å². The van der Waals surface area contributed by atoms with Crippen LogP contribution in [0.5, 0.6) is 0 Å². The van der Waals surface area contributed by atoms with Gasteiger partial charge in [-0.3, -0.25) is 4.79 Å². The highest BCUT2D eigenvalue weighted by atomic mass is 79.9. The van der Waals surface area contributed by atoms with Crippen LogP contribution < -0.4 is 5.32 Å². The van der Waals surface area contributed by atoms with Gasteiger partial charge in [0.05, 0.1) is 0 Å². The van der Waals surface area contributed by atoms with Gasteiger partial charge < -0.3 is 5.32 Å². The summed E-state index contributed by atoms with van der Waals surface area (Å²) in [6, 6.07) is 7.57. The van der Waals surface area contributed by atoms with Gasteiger partial charge in [-0.1, -0.05) is 33.6 Å². The summed E-state index contributed by atoms with van der Waals surface area (Å²) < 4.78 is 0. The van der Waals surface area contributed by atoms with E-state index in [0.717, 1.165) is 10.9 Å². The van der Waals surface area contributed by atoms with Gasteiger partial charge in [-0.2, -0.15) is 0 Å². The first-order valence-electron chi connectivity index (χ1n) is 4.90. The van der Waals surface area contributed by atoms with Crippen LogP contribution >= 0.6 is 15.9 Å². The van der Waals surface area contributed by atoms with Crippen LogP contribution in [0.15, 0.2) is 24.3 Å². The van der Waals surface area contributed by atoms with Crippen molar-refractivity contribution in [3.63, 3.8) is 0 Å². The lowest BCUT2D eigenvalue weighted by Crippen LogP contribution is -2.44. The molecule has 1 amide bonds. The van der Waals surface area contributed by atoms with Gasteiger partial charge in [0.1, 0.15) is 0 Å². The van der Waals surface area contributed by atoms with E-state index >= 15 is 0 Å². The van der Waals surface area contributed by atoms with E-state index in [4.69, 9.17) is 0 Å². The average Bonchev–Trinajstić information content (AvgIpc) is 2.18. The monoisotopic (exact) mass is 269 g/mol. The van der Waals surface area contributed by atoms with Crippen molar-refractivity contribution in [1.29, 1.82) is 0 Å². The number of alkyl halides is 1. The van der Waals surface area contributed by atoms with Gasteiger partial charge >= 0.3 is 0 Å². The highest BCUT2D eigenvalue weighted by Gasteiger charge is 2.19. The summed E-state index contributed by atoms with van der Waals surface area (Å²) >= 11 is 3.37. The molecule has 0 fully saturated rings. The molecule has 3 heteroatoms. The van der Waals surface area contributed by atoms with Gasteiger partial charge in [0, 0.05) is 16.4 Å². The number of hydrogen-bond donors (Lipinski definition) is 1. The van der Waals surface area contributed by atoms with Crippen LogP contribution in [0.25, 0.3) is 0 Å². The summed E-state index contributed by atoms with van der Waals surface area (Å²) in [6.45, 7) is 5.96. The molecule has 1 N–H and O–H groups in total. The number of aryl methyl sites for hydroxylation is 1. The van der Waals surface area contributed by atoms with Crippen LogP contribution in [-0.4, -0.2) is 16.8 Å². The number of hydrogen-bond acceptors (Lipinski definition) is 1. The van der Waals surface area contributed by atoms with Crippen LogP contribution in [0.4, 0.5) is 0 Å². The molecule has 0 saturated heterocycles. The summed E-state index contributed by atoms with van der Waals surface area (Å²) in [5.41, 5.74) is 1.64. The number of carbonyl (C=O) groups is 1. The Kier molecular flexibility index (Phi) is 3.91. The SMILES string of the molecule is Cc1ccc(C(=O)NC(C)(C)CBr)cc1. The maximum absolute atomic E-state index is 11.8. The fourth-order valence-electron chi connectivity index (χ4n) is 1.12. The number of halogens is 1. The predicted molar refractivity (Wildman–Crippen MR) is 66.5 cm³/mol. The Balaban J connectivity index is 2.74. The van der Waals surface area contributed by atoms with Crippen LogP contribution in [0.3, 0.4) is 0 Å². The third kappa shape index (κ3) is 3.67. The first-order chi connectivity index (χ1) is 6.94. The summed E-state index contributed by atoms with van der Waals surface area (Å²) in [4.78, 5) is 11.8. The van der Waals surface area contributed by atoms with E-state index in [2.05, 4.69) is 21.2 Å². The lowest BCUT2D eigenvalue weighted by molar-refractivity contribution is 0.0921. The molecule has 0 spiro atoms. The Morgan fingerprint density at radius 3 is 2.33 bits per heavy atom. The highest BCUT2D eigenvalue weighted by molar-refractivity contribution is 9.09. The minimum atomic E-state index is -0.220. The zero-order chi connectivity index (χ0) is 11.5. The first-order valence-corrected chi connectivity index (χ1v) is 6.02.